The third-order valence-corrected chi connectivity index (χ3v) is 3.49. The van der Waals surface area contributed by atoms with Crippen LogP contribution in [0.3, 0.4) is 0 Å². The first kappa shape index (κ1) is 12.9. The quantitative estimate of drug-likeness (QED) is 0.836. The van der Waals surface area contributed by atoms with Gasteiger partial charge < -0.3 is 5.32 Å². The molecule has 1 unspecified atom stereocenters. The summed E-state index contributed by atoms with van der Waals surface area (Å²) in [5.41, 5.74) is 0.672. The minimum Gasteiger partial charge on any atom is -0.319 e. The van der Waals surface area contributed by atoms with Gasteiger partial charge in [0.2, 0.25) is 0 Å². The van der Waals surface area contributed by atoms with Gasteiger partial charge in [0.25, 0.3) is 0 Å². The standard InChI is InChI=1S/C11H14BrClFN/c1-7(6-15-2)5-8-3-4-9(12)10(13)11(8)14/h3-4,7,15H,5-6H2,1-2H3. The first-order valence-corrected chi connectivity index (χ1v) is 6.00. The van der Waals surface area contributed by atoms with Crippen LogP contribution in [-0.2, 0) is 6.42 Å². The van der Waals surface area contributed by atoms with E-state index in [1.54, 1.807) is 12.1 Å². The van der Waals surface area contributed by atoms with Gasteiger partial charge in [-0.15, -0.1) is 0 Å². The van der Waals surface area contributed by atoms with Gasteiger partial charge in [-0.1, -0.05) is 24.6 Å². The van der Waals surface area contributed by atoms with Gasteiger partial charge in [0.05, 0.1) is 5.02 Å². The summed E-state index contributed by atoms with van der Waals surface area (Å²) in [6.07, 6.45) is 0.694. The van der Waals surface area contributed by atoms with Crippen molar-refractivity contribution in [1.82, 2.24) is 5.32 Å². The Kier molecular flexibility index (Phi) is 5.03. The number of benzene rings is 1. The second-order valence-corrected chi connectivity index (χ2v) is 4.93. The lowest BCUT2D eigenvalue weighted by molar-refractivity contribution is 0.520. The SMILES string of the molecule is CNCC(C)Cc1ccc(Br)c(Cl)c1F. The predicted molar refractivity (Wildman–Crippen MR) is 65.9 cm³/mol. The molecule has 0 fully saturated rings. The molecule has 1 aromatic rings. The molecule has 1 aromatic carbocycles. The highest BCUT2D eigenvalue weighted by atomic mass is 79.9. The maximum absolute atomic E-state index is 13.7. The Bertz CT molecular complexity index is 344. The molecule has 0 aromatic heterocycles. The van der Waals surface area contributed by atoms with Crippen LogP contribution in [0.4, 0.5) is 4.39 Å². The van der Waals surface area contributed by atoms with Crippen molar-refractivity contribution in [2.75, 3.05) is 13.6 Å². The van der Waals surface area contributed by atoms with Gasteiger partial charge in [-0.25, -0.2) is 4.39 Å². The highest BCUT2D eigenvalue weighted by Gasteiger charge is 2.12. The zero-order valence-electron chi connectivity index (χ0n) is 8.78. The summed E-state index contributed by atoms with van der Waals surface area (Å²) in [5, 5.41) is 3.24. The van der Waals surface area contributed by atoms with Gasteiger partial charge in [0, 0.05) is 4.47 Å². The minimum atomic E-state index is -0.311. The largest absolute Gasteiger partial charge is 0.319 e. The van der Waals surface area contributed by atoms with E-state index in [-0.39, 0.29) is 10.8 Å². The zero-order chi connectivity index (χ0) is 11.4. The third kappa shape index (κ3) is 3.44. The van der Waals surface area contributed by atoms with Crippen LogP contribution >= 0.6 is 27.5 Å². The Labute approximate surface area is 103 Å². The minimum absolute atomic E-state index is 0.171. The Morgan fingerprint density at radius 1 is 1.53 bits per heavy atom. The Morgan fingerprint density at radius 2 is 2.20 bits per heavy atom. The molecule has 1 atom stereocenters. The van der Waals surface area contributed by atoms with E-state index in [9.17, 15) is 4.39 Å². The zero-order valence-corrected chi connectivity index (χ0v) is 11.1. The molecular weight excluding hydrogens is 280 g/mol. The molecule has 0 radical (unpaired) electrons. The number of hydrogen-bond donors (Lipinski definition) is 1. The summed E-state index contributed by atoms with van der Waals surface area (Å²) in [4.78, 5) is 0. The van der Waals surface area contributed by atoms with Crippen LogP contribution < -0.4 is 5.32 Å². The van der Waals surface area contributed by atoms with Crippen molar-refractivity contribution >= 4 is 27.5 Å². The number of nitrogens with one attached hydrogen (secondary N) is 1. The molecule has 0 bridgehead atoms. The van der Waals surface area contributed by atoms with Crippen LogP contribution in [0.1, 0.15) is 12.5 Å². The van der Waals surface area contributed by atoms with Gasteiger partial charge in [-0.3, -0.25) is 0 Å². The van der Waals surface area contributed by atoms with E-state index in [2.05, 4.69) is 28.2 Å². The fourth-order valence-electron chi connectivity index (χ4n) is 1.52. The third-order valence-electron chi connectivity index (χ3n) is 2.24. The van der Waals surface area contributed by atoms with Crippen molar-refractivity contribution in [2.45, 2.75) is 13.3 Å². The van der Waals surface area contributed by atoms with Crippen LogP contribution in [-0.4, -0.2) is 13.6 Å². The molecule has 0 heterocycles. The molecule has 84 valence electrons. The normalized spacial score (nSPS) is 12.9. The molecule has 0 aliphatic carbocycles. The van der Waals surface area contributed by atoms with E-state index in [1.807, 2.05) is 7.05 Å². The number of halogens is 3. The van der Waals surface area contributed by atoms with E-state index >= 15 is 0 Å². The average Bonchev–Trinajstić information content (AvgIpc) is 2.20. The van der Waals surface area contributed by atoms with E-state index in [1.165, 1.54) is 0 Å². The van der Waals surface area contributed by atoms with Crippen LogP contribution in [0.25, 0.3) is 0 Å². The molecule has 0 saturated carbocycles. The van der Waals surface area contributed by atoms with Crippen molar-refractivity contribution in [3.8, 4) is 0 Å². The van der Waals surface area contributed by atoms with Gasteiger partial charge in [-0.05, 0) is 53.5 Å². The van der Waals surface area contributed by atoms with Gasteiger partial charge in [0.1, 0.15) is 5.82 Å². The second-order valence-electron chi connectivity index (χ2n) is 3.70. The van der Waals surface area contributed by atoms with Crippen LogP contribution in [0.15, 0.2) is 16.6 Å². The Balaban J connectivity index is 2.82. The molecule has 4 heteroatoms. The molecule has 0 amide bonds. The molecule has 0 aliphatic heterocycles. The first-order chi connectivity index (χ1) is 7.06. The predicted octanol–water partition coefficient (Wildman–Crippen LogP) is 3.64. The van der Waals surface area contributed by atoms with Crippen LogP contribution in [0.2, 0.25) is 5.02 Å². The summed E-state index contributed by atoms with van der Waals surface area (Å²) in [5.74, 6) is 0.0794. The number of hydrogen-bond acceptors (Lipinski definition) is 1. The van der Waals surface area contributed by atoms with Crippen LogP contribution in [0.5, 0.6) is 0 Å². The highest BCUT2D eigenvalue weighted by molar-refractivity contribution is 9.10. The average molecular weight is 295 g/mol. The van der Waals surface area contributed by atoms with E-state index < -0.39 is 0 Å². The lowest BCUT2D eigenvalue weighted by Crippen LogP contribution is -2.18. The van der Waals surface area contributed by atoms with Crippen LogP contribution in [0, 0.1) is 11.7 Å². The fraction of sp³-hybridized carbons (Fsp3) is 0.455. The van der Waals surface area contributed by atoms with Gasteiger partial charge in [-0.2, -0.15) is 0 Å². The molecule has 1 N–H and O–H groups in total. The summed E-state index contributed by atoms with van der Waals surface area (Å²) < 4.78 is 14.3. The first-order valence-electron chi connectivity index (χ1n) is 4.83. The summed E-state index contributed by atoms with van der Waals surface area (Å²) in [6, 6.07) is 3.56. The summed E-state index contributed by atoms with van der Waals surface area (Å²) in [6.45, 7) is 2.94. The topological polar surface area (TPSA) is 12.0 Å². The number of rotatable bonds is 4. The highest BCUT2D eigenvalue weighted by Crippen LogP contribution is 2.28. The van der Waals surface area contributed by atoms with E-state index in [4.69, 9.17) is 11.6 Å². The Morgan fingerprint density at radius 3 is 2.80 bits per heavy atom. The molecule has 0 aliphatic rings. The lowest BCUT2D eigenvalue weighted by atomic mass is 10.0. The molecule has 1 rings (SSSR count). The van der Waals surface area contributed by atoms with Crippen molar-refractivity contribution in [2.24, 2.45) is 5.92 Å². The fourth-order valence-corrected chi connectivity index (χ4v) is 2.01. The maximum Gasteiger partial charge on any atom is 0.146 e. The van der Waals surface area contributed by atoms with Crippen molar-refractivity contribution in [3.05, 3.63) is 33.0 Å². The smallest absolute Gasteiger partial charge is 0.146 e. The van der Waals surface area contributed by atoms with E-state index in [0.717, 1.165) is 6.54 Å². The van der Waals surface area contributed by atoms with Gasteiger partial charge in [0.15, 0.2) is 0 Å². The summed E-state index contributed by atoms with van der Waals surface area (Å²) in [7, 11) is 1.89. The van der Waals surface area contributed by atoms with Crippen molar-refractivity contribution < 1.29 is 4.39 Å². The molecule has 0 saturated heterocycles. The molecular formula is C11H14BrClFN. The summed E-state index contributed by atoms with van der Waals surface area (Å²) >= 11 is 9.00. The lowest BCUT2D eigenvalue weighted by Gasteiger charge is -2.12. The van der Waals surface area contributed by atoms with Crippen molar-refractivity contribution in [3.63, 3.8) is 0 Å². The Hall–Kier alpha value is -0.120. The van der Waals surface area contributed by atoms with E-state index in [0.29, 0.717) is 22.4 Å². The van der Waals surface area contributed by atoms with Gasteiger partial charge >= 0.3 is 0 Å². The maximum atomic E-state index is 13.7. The second kappa shape index (κ2) is 5.83. The van der Waals surface area contributed by atoms with Crippen molar-refractivity contribution in [1.29, 1.82) is 0 Å². The molecule has 1 nitrogen and oxygen atoms in total. The monoisotopic (exact) mass is 293 g/mol. The molecule has 15 heavy (non-hydrogen) atoms. The molecule has 0 spiro atoms.